The lowest BCUT2D eigenvalue weighted by atomic mass is 9.74. The number of likely N-dealkylation sites (tertiary alicyclic amines) is 1. The number of aliphatic hydroxyl groups excluding tert-OH is 2. The molecule has 0 saturated carbocycles. The maximum atomic E-state index is 12.9. The van der Waals surface area contributed by atoms with Gasteiger partial charge in [0, 0.05) is 50.0 Å². The van der Waals surface area contributed by atoms with Gasteiger partial charge in [0.25, 0.3) is 5.91 Å². The van der Waals surface area contributed by atoms with Gasteiger partial charge in [0.05, 0.1) is 12.7 Å². The minimum Gasteiger partial charge on any atom is -0.396 e. The first-order valence-corrected chi connectivity index (χ1v) is 9.77. The lowest BCUT2D eigenvalue weighted by molar-refractivity contribution is -0.0745. The van der Waals surface area contributed by atoms with Gasteiger partial charge in [-0.1, -0.05) is 0 Å². The van der Waals surface area contributed by atoms with Crippen LogP contribution < -0.4 is 0 Å². The monoisotopic (exact) mass is 392 g/mol. The average Bonchev–Trinajstić information content (AvgIpc) is 3.20. The van der Waals surface area contributed by atoms with Crippen LogP contribution in [0.3, 0.4) is 0 Å². The van der Waals surface area contributed by atoms with Crippen molar-refractivity contribution in [2.45, 2.75) is 25.4 Å². The highest BCUT2D eigenvalue weighted by molar-refractivity contribution is 7.13. The van der Waals surface area contributed by atoms with Crippen molar-refractivity contribution in [1.82, 2.24) is 19.9 Å². The second-order valence-corrected chi connectivity index (χ2v) is 7.62. The molecule has 27 heavy (non-hydrogen) atoms. The van der Waals surface area contributed by atoms with Gasteiger partial charge in [0.2, 0.25) is 0 Å². The number of nitrogens with zero attached hydrogens (tertiary/aromatic N) is 4. The fraction of sp³-hybridized carbons (Fsp3) is 0.556. The highest BCUT2D eigenvalue weighted by atomic mass is 32.1. The van der Waals surface area contributed by atoms with E-state index < -0.39 is 11.5 Å². The molecule has 1 saturated heterocycles. The van der Waals surface area contributed by atoms with Gasteiger partial charge < -0.3 is 19.8 Å². The van der Waals surface area contributed by atoms with Crippen LogP contribution in [0.15, 0.2) is 23.8 Å². The Labute approximate surface area is 161 Å². The lowest BCUT2D eigenvalue weighted by Crippen LogP contribution is -2.55. The summed E-state index contributed by atoms with van der Waals surface area (Å²) in [7, 11) is 1.62. The third kappa shape index (κ3) is 4.32. The van der Waals surface area contributed by atoms with Crippen LogP contribution in [-0.4, -0.2) is 75.5 Å². The van der Waals surface area contributed by atoms with Crippen molar-refractivity contribution in [3.63, 3.8) is 0 Å². The van der Waals surface area contributed by atoms with Crippen LogP contribution in [0, 0.1) is 5.41 Å². The van der Waals surface area contributed by atoms with Gasteiger partial charge in [-0.15, -0.1) is 11.3 Å². The molecule has 2 atom stereocenters. The summed E-state index contributed by atoms with van der Waals surface area (Å²) in [5.74, 6) is 0.282. The van der Waals surface area contributed by atoms with Crippen LogP contribution in [0.25, 0.3) is 10.8 Å². The zero-order valence-electron chi connectivity index (χ0n) is 15.2. The van der Waals surface area contributed by atoms with E-state index in [1.807, 2.05) is 0 Å². The number of aromatic nitrogens is 3. The van der Waals surface area contributed by atoms with Crippen LogP contribution in [-0.2, 0) is 4.74 Å². The molecule has 0 aliphatic carbocycles. The zero-order valence-corrected chi connectivity index (χ0v) is 16.1. The number of hydrogen-bond donors (Lipinski definition) is 2. The summed E-state index contributed by atoms with van der Waals surface area (Å²) in [5.41, 5.74) is -0.393. The number of piperidine rings is 1. The summed E-state index contributed by atoms with van der Waals surface area (Å²) in [6.07, 6.45) is 4.34. The van der Waals surface area contributed by atoms with Crippen molar-refractivity contribution in [1.29, 1.82) is 0 Å². The first-order chi connectivity index (χ1) is 13.1. The number of thiazole rings is 1. The van der Waals surface area contributed by atoms with E-state index in [1.165, 1.54) is 11.3 Å². The van der Waals surface area contributed by atoms with Gasteiger partial charge in [-0.25, -0.2) is 15.0 Å². The largest absolute Gasteiger partial charge is 0.396 e. The average molecular weight is 392 g/mol. The van der Waals surface area contributed by atoms with E-state index in [4.69, 9.17) is 4.74 Å². The number of rotatable bonds is 7. The molecule has 2 N–H and O–H groups in total. The molecule has 8 nitrogen and oxygen atoms in total. The zero-order chi connectivity index (χ0) is 19.3. The molecule has 0 spiro atoms. The van der Waals surface area contributed by atoms with E-state index in [0.717, 1.165) is 0 Å². The van der Waals surface area contributed by atoms with Crippen molar-refractivity contribution < 1.29 is 19.7 Å². The topological polar surface area (TPSA) is 109 Å². The van der Waals surface area contributed by atoms with Crippen molar-refractivity contribution in [2.24, 2.45) is 5.41 Å². The molecule has 2 aromatic rings. The Morgan fingerprint density at radius 3 is 2.93 bits per heavy atom. The number of carbonyl (C=O) groups excluding carboxylic acids is 1. The minimum absolute atomic E-state index is 0.179. The molecule has 2 aromatic heterocycles. The van der Waals surface area contributed by atoms with E-state index >= 15 is 0 Å². The number of hydrogen-bond acceptors (Lipinski definition) is 8. The van der Waals surface area contributed by atoms with Gasteiger partial charge in [0.15, 0.2) is 10.8 Å². The minimum atomic E-state index is -0.728. The third-order valence-corrected chi connectivity index (χ3v) is 5.83. The Morgan fingerprint density at radius 1 is 1.44 bits per heavy atom. The van der Waals surface area contributed by atoms with E-state index in [9.17, 15) is 15.0 Å². The predicted molar refractivity (Wildman–Crippen MR) is 100 cm³/mol. The van der Waals surface area contributed by atoms with Crippen molar-refractivity contribution in [3.05, 3.63) is 29.5 Å². The standard InChI is InChI=1S/C18H24N4O4S/c1-26-9-2-5-18(12-23)11-22(8-4-14(18)24)17(25)13-10-27-16(21-13)15-19-6-3-7-20-15/h3,6-7,10,14,23-24H,2,4-5,8-9,11-12H2,1H3/t14-,18+/m1/s1. The fourth-order valence-electron chi connectivity index (χ4n) is 3.42. The predicted octanol–water partition coefficient (Wildman–Crippen LogP) is 1.21. The van der Waals surface area contributed by atoms with E-state index in [1.54, 1.807) is 35.8 Å². The molecule has 0 aromatic carbocycles. The number of aliphatic hydroxyl groups is 2. The number of amides is 1. The van der Waals surface area contributed by atoms with Crippen LogP contribution in [0.1, 0.15) is 29.8 Å². The SMILES string of the molecule is COCCC[C@@]1(CO)CN(C(=O)c2csc(-c3ncccn3)n2)CC[C@H]1O. The highest BCUT2D eigenvalue weighted by Gasteiger charge is 2.43. The summed E-state index contributed by atoms with van der Waals surface area (Å²) < 4.78 is 5.08. The Kier molecular flexibility index (Phi) is 6.48. The summed E-state index contributed by atoms with van der Waals surface area (Å²) in [4.78, 5) is 27.3. The molecule has 0 bridgehead atoms. The summed E-state index contributed by atoms with van der Waals surface area (Å²) in [5, 5.41) is 22.7. The second kappa shape index (κ2) is 8.83. The second-order valence-electron chi connectivity index (χ2n) is 6.76. The third-order valence-electron chi connectivity index (χ3n) is 4.99. The summed E-state index contributed by atoms with van der Waals surface area (Å²) >= 11 is 1.32. The number of methoxy groups -OCH3 is 1. The van der Waals surface area contributed by atoms with E-state index in [2.05, 4.69) is 15.0 Å². The van der Waals surface area contributed by atoms with Gasteiger partial charge in [0.1, 0.15) is 5.69 Å². The Balaban J connectivity index is 1.74. The van der Waals surface area contributed by atoms with Crippen molar-refractivity contribution >= 4 is 17.2 Å². The molecule has 3 rings (SSSR count). The lowest BCUT2D eigenvalue weighted by Gasteiger charge is -2.45. The molecule has 0 radical (unpaired) electrons. The van der Waals surface area contributed by atoms with Crippen LogP contribution >= 0.6 is 11.3 Å². The Hall–Kier alpha value is -1.94. The highest BCUT2D eigenvalue weighted by Crippen LogP contribution is 2.35. The molecule has 3 heterocycles. The molecule has 9 heteroatoms. The number of ether oxygens (including phenoxy) is 1. The molecule has 1 aliphatic rings. The molecule has 146 valence electrons. The molecule has 0 unspecified atom stereocenters. The summed E-state index contributed by atoms with van der Waals surface area (Å²) in [6, 6.07) is 1.72. The maximum Gasteiger partial charge on any atom is 0.273 e. The van der Waals surface area contributed by atoms with Crippen molar-refractivity contribution in [3.8, 4) is 10.8 Å². The van der Waals surface area contributed by atoms with E-state index in [-0.39, 0.29) is 12.5 Å². The van der Waals surface area contributed by atoms with Crippen LogP contribution in [0.5, 0.6) is 0 Å². The molecule has 1 fully saturated rings. The smallest absolute Gasteiger partial charge is 0.273 e. The van der Waals surface area contributed by atoms with Gasteiger partial charge in [-0.3, -0.25) is 4.79 Å². The van der Waals surface area contributed by atoms with Gasteiger partial charge >= 0.3 is 0 Å². The first-order valence-electron chi connectivity index (χ1n) is 8.90. The van der Waals surface area contributed by atoms with E-state index in [0.29, 0.717) is 55.5 Å². The molecule has 1 amide bonds. The Bertz CT molecular complexity index is 757. The number of carbonyl (C=O) groups is 1. The normalized spacial score (nSPS) is 22.8. The summed E-state index contributed by atoms with van der Waals surface area (Å²) in [6.45, 7) is 1.10. The molecule has 1 aliphatic heterocycles. The van der Waals surface area contributed by atoms with Gasteiger partial charge in [-0.05, 0) is 25.3 Å². The maximum absolute atomic E-state index is 12.9. The van der Waals surface area contributed by atoms with Crippen LogP contribution in [0.2, 0.25) is 0 Å². The molecular formula is C18H24N4O4S. The Morgan fingerprint density at radius 2 is 2.22 bits per heavy atom. The fourth-order valence-corrected chi connectivity index (χ4v) is 4.16. The van der Waals surface area contributed by atoms with Crippen molar-refractivity contribution in [2.75, 3.05) is 33.4 Å². The molecular weight excluding hydrogens is 368 g/mol. The first kappa shape index (κ1) is 19.8. The van der Waals surface area contributed by atoms with Gasteiger partial charge in [-0.2, -0.15) is 0 Å². The quantitative estimate of drug-likeness (QED) is 0.682. The van der Waals surface area contributed by atoms with Crippen LogP contribution in [0.4, 0.5) is 0 Å².